The van der Waals surface area contributed by atoms with E-state index in [1.807, 2.05) is 0 Å². The Morgan fingerprint density at radius 3 is 2.85 bits per heavy atom. The Balaban J connectivity index is 1.44. The molecule has 0 spiro atoms. The molecule has 0 fully saturated rings. The number of aromatic nitrogens is 4. The number of imidazole rings is 1. The van der Waals surface area contributed by atoms with Crippen molar-refractivity contribution in [3.63, 3.8) is 0 Å². The van der Waals surface area contributed by atoms with Crippen molar-refractivity contribution in [2.75, 3.05) is 5.23 Å². The summed E-state index contributed by atoms with van der Waals surface area (Å²) >= 11 is 0. The Kier molecular flexibility index (Phi) is 5.34. The maximum Gasteiger partial charge on any atom is 0.335 e. The number of aromatic carboxylic acids is 1. The van der Waals surface area contributed by atoms with Gasteiger partial charge in [-0.1, -0.05) is 29.4 Å². The first-order chi connectivity index (χ1) is 16.0. The van der Waals surface area contributed by atoms with Gasteiger partial charge in [0.25, 0.3) is 0 Å². The van der Waals surface area contributed by atoms with Crippen LogP contribution in [0.15, 0.2) is 59.4 Å². The lowest BCUT2D eigenvalue weighted by atomic mass is 10.0. The zero-order chi connectivity index (χ0) is 22.9. The monoisotopic (exact) mass is 447 g/mol. The van der Waals surface area contributed by atoms with Gasteiger partial charge >= 0.3 is 5.97 Å². The minimum atomic E-state index is -0.969. The summed E-state index contributed by atoms with van der Waals surface area (Å²) < 4.78 is 5.60. The van der Waals surface area contributed by atoms with Gasteiger partial charge in [-0.05, 0) is 29.8 Å². The second-order valence-corrected chi connectivity index (χ2v) is 7.73. The Morgan fingerprint density at radius 1 is 1.27 bits per heavy atom. The molecule has 4 aromatic rings. The number of aromatic amines is 1. The summed E-state index contributed by atoms with van der Waals surface area (Å²) in [5, 5.41) is 33.4. The van der Waals surface area contributed by atoms with E-state index in [4.69, 9.17) is 14.8 Å². The third kappa shape index (κ3) is 4.20. The molecule has 0 radical (unpaired) electrons. The van der Waals surface area contributed by atoms with E-state index < -0.39 is 5.97 Å². The first kappa shape index (κ1) is 20.8. The van der Waals surface area contributed by atoms with Crippen molar-refractivity contribution in [3.05, 3.63) is 88.5 Å². The number of hydrogen-bond acceptors (Lipinski definition) is 9. The molecular weight excluding hydrogens is 428 g/mol. The van der Waals surface area contributed by atoms with Crippen LogP contribution in [0.1, 0.15) is 39.2 Å². The number of fused-ring (bicyclic) bond motifs is 1. The summed E-state index contributed by atoms with van der Waals surface area (Å²) in [6, 6.07) is 12.8. The summed E-state index contributed by atoms with van der Waals surface area (Å²) in [4.78, 5) is 25.4. The quantitative estimate of drug-likeness (QED) is 0.375. The Labute approximate surface area is 187 Å². The van der Waals surface area contributed by atoms with E-state index in [9.17, 15) is 10.0 Å². The third-order valence-electron chi connectivity index (χ3n) is 5.63. The van der Waals surface area contributed by atoms with Crippen LogP contribution in [0.5, 0.6) is 0 Å². The molecule has 1 atom stereocenters. The molecule has 1 aliphatic heterocycles. The van der Waals surface area contributed by atoms with Gasteiger partial charge in [-0.2, -0.15) is 4.98 Å². The standard InChI is InChI=1S/C22H19N6O5/c29-22(30)14-6-4-13(5-7-14)10-27-11-18-17(23-12-24-18)9-19(27)21-25-20(26-33-21)15-2-1-3-16(8-15)28(31)32/h1-8,12,19,31H,9-11H2,(H,23,24)(H,29,30)/q-1. The molecule has 0 amide bonds. The molecule has 0 saturated carbocycles. The normalized spacial score (nSPS) is 15.9. The second-order valence-electron chi connectivity index (χ2n) is 7.73. The van der Waals surface area contributed by atoms with Crippen LogP contribution in [0.4, 0.5) is 5.69 Å². The molecule has 1 aliphatic rings. The highest BCUT2D eigenvalue weighted by Crippen LogP contribution is 2.33. The van der Waals surface area contributed by atoms with Gasteiger partial charge in [-0.15, -0.1) is 0 Å². The van der Waals surface area contributed by atoms with E-state index in [1.54, 1.807) is 42.7 Å². The van der Waals surface area contributed by atoms with Crippen molar-refractivity contribution in [1.29, 1.82) is 0 Å². The molecule has 0 bridgehead atoms. The summed E-state index contributed by atoms with van der Waals surface area (Å²) in [5.74, 6) is -0.273. The number of carboxylic acids is 1. The first-order valence-electron chi connectivity index (χ1n) is 10.2. The van der Waals surface area contributed by atoms with E-state index in [-0.39, 0.29) is 22.5 Å². The molecule has 168 valence electrons. The number of hydrogen-bond donors (Lipinski definition) is 3. The van der Waals surface area contributed by atoms with Gasteiger partial charge in [0.05, 0.1) is 35.0 Å². The smallest absolute Gasteiger partial charge is 0.335 e. The van der Waals surface area contributed by atoms with Crippen molar-refractivity contribution >= 4 is 11.7 Å². The largest absolute Gasteiger partial charge is 0.733 e. The van der Waals surface area contributed by atoms with Crippen LogP contribution in [-0.4, -0.2) is 41.3 Å². The van der Waals surface area contributed by atoms with Crippen molar-refractivity contribution < 1.29 is 19.6 Å². The zero-order valence-corrected chi connectivity index (χ0v) is 17.3. The SMILES string of the molecule is O=C(O)c1ccc(CN2Cc3[nH]cnc3CC2c2nc(-c3cccc(N([O-])O)c3)no2)cc1. The van der Waals surface area contributed by atoms with E-state index in [1.165, 1.54) is 12.1 Å². The second kappa shape index (κ2) is 8.47. The topological polar surface area (TPSA) is 155 Å². The van der Waals surface area contributed by atoms with Gasteiger partial charge in [-0.3, -0.25) is 10.1 Å². The van der Waals surface area contributed by atoms with Gasteiger partial charge in [0.15, 0.2) is 0 Å². The minimum Gasteiger partial charge on any atom is -0.733 e. The number of nitrogens with zero attached hydrogens (tertiary/aromatic N) is 5. The number of anilines is 1. The molecule has 33 heavy (non-hydrogen) atoms. The van der Waals surface area contributed by atoms with Crippen LogP contribution in [0, 0.1) is 5.21 Å². The van der Waals surface area contributed by atoms with Crippen LogP contribution >= 0.6 is 0 Å². The van der Waals surface area contributed by atoms with E-state index in [0.29, 0.717) is 36.8 Å². The average Bonchev–Trinajstić information content (AvgIpc) is 3.48. The minimum absolute atomic E-state index is 0.0594. The number of rotatable bonds is 6. The van der Waals surface area contributed by atoms with Crippen LogP contribution in [0.2, 0.25) is 0 Å². The van der Waals surface area contributed by atoms with Crippen molar-refractivity contribution in [2.45, 2.75) is 25.6 Å². The number of nitrogens with one attached hydrogen (secondary N) is 1. The van der Waals surface area contributed by atoms with Gasteiger partial charge in [0.2, 0.25) is 11.7 Å². The van der Waals surface area contributed by atoms with E-state index in [0.717, 1.165) is 17.0 Å². The molecule has 2 aromatic carbocycles. The van der Waals surface area contributed by atoms with Gasteiger partial charge in [0, 0.05) is 25.1 Å². The highest BCUT2D eigenvalue weighted by Gasteiger charge is 2.33. The fraction of sp³-hybridized carbons (Fsp3) is 0.182. The Morgan fingerprint density at radius 2 is 2.09 bits per heavy atom. The fourth-order valence-corrected chi connectivity index (χ4v) is 3.94. The number of carbonyl (C=O) groups is 1. The lowest BCUT2D eigenvalue weighted by Gasteiger charge is -2.32. The van der Waals surface area contributed by atoms with Crippen molar-refractivity contribution in [3.8, 4) is 11.4 Å². The summed E-state index contributed by atoms with van der Waals surface area (Å²) in [7, 11) is 0. The molecule has 3 heterocycles. The molecular formula is C22H19N6O5-. The van der Waals surface area contributed by atoms with Crippen LogP contribution in [0.3, 0.4) is 0 Å². The first-order valence-corrected chi connectivity index (χ1v) is 10.2. The fourth-order valence-electron chi connectivity index (χ4n) is 3.94. The molecule has 0 saturated heterocycles. The predicted octanol–water partition coefficient (Wildman–Crippen LogP) is 3.15. The molecule has 0 aliphatic carbocycles. The Hall–Kier alpha value is -4.06. The van der Waals surface area contributed by atoms with E-state index in [2.05, 4.69) is 25.0 Å². The zero-order valence-electron chi connectivity index (χ0n) is 17.3. The number of benzene rings is 2. The van der Waals surface area contributed by atoms with E-state index >= 15 is 0 Å². The molecule has 11 heteroatoms. The predicted molar refractivity (Wildman–Crippen MR) is 115 cm³/mol. The van der Waals surface area contributed by atoms with Crippen molar-refractivity contribution in [1.82, 2.24) is 25.0 Å². The summed E-state index contributed by atoms with van der Waals surface area (Å²) in [6.45, 7) is 1.11. The van der Waals surface area contributed by atoms with Crippen LogP contribution in [0.25, 0.3) is 11.4 Å². The summed E-state index contributed by atoms with van der Waals surface area (Å²) in [6.07, 6.45) is 2.21. The molecule has 3 N–H and O–H groups in total. The van der Waals surface area contributed by atoms with Gasteiger partial charge < -0.3 is 25.0 Å². The molecule has 2 aromatic heterocycles. The third-order valence-corrected chi connectivity index (χ3v) is 5.63. The number of H-pyrrole nitrogens is 1. The van der Waals surface area contributed by atoms with Crippen molar-refractivity contribution in [2.24, 2.45) is 0 Å². The summed E-state index contributed by atoms with van der Waals surface area (Å²) in [5.41, 5.74) is 3.68. The molecule has 5 rings (SSSR count). The molecule has 11 nitrogen and oxygen atoms in total. The van der Waals surface area contributed by atoms with Gasteiger partial charge in [-0.25, -0.2) is 9.78 Å². The molecule has 1 unspecified atom stereocenters. The maximum atomic E-state index is 11.2. The Bertz CT molecular complexity index is 1280. The highest BCUT2D eigenvalue weighted by atomic mass is 16.8. The number of carboxylic acid groups (broad SMARTS) is 1. The van der Waals surface area contributed by atoms with Crippen LogP contribution in [-0.2, 0) is 19.5 Å². The lowest BCUT2D eigenvalue weighted by molar-refractivity contribution is 0.0697. The maximum absolute atomic E-state index is 11.2. The van der Waals surface area contributed by atoms with Gasteiger partial charge in [0.1, 0.15) is 0 Å². The highest BCUT2D eigenvalue weighted by molar-refractivity contribution is 5.87. The van der Waals surface area contributed by atoms with Crippen LogP contribution < -0.4 is 5.23 Å². The lowest BCUT2D eigenvalue weighted by Crippen LogP contribution is -2.34. The average molecular weight is 447 g/mol.